The molecule has 1 aliphatic carbocycles. The summed E-state index contributed by atoms with van der Waals surface area (Å²) in [7, 11) is 0. The minimum Gasteiger partial charge on any atom is -0.478 e. The number of carboxylic acids is 4. The molecule has 0 atom stereocenters. The highest BCUT2D eigenvalue weighted by Gasteiger charge is 2.25. The molecule has 0 fully saturated rings. The number of aromatic carboxylic acids is 4. The summed E-state index contributed by atoms with van der Waals surface area (Å²) in [6.07, 6.45) is 3.46. The lowest BCUT2D eigenvalue weighted by Gasteiger charge is -2.19. The first kappa shape index (κ1) is 32.5. The van der Waals surface area contributed by atoms with Crippen LogP contribution in [0.5, 0.6) is 23.0 Å². The van der Waals surface area contributed by atoms with E-state index in [0.717, 1.165) is 22.3 Å². The SMILES string of the molecule is O=C(O)c1cc2c(cc1C(=O)O)CCc1cc3c(cc1CCc1cc(C(=O)O)c(C(=O)O)cc1CCc1cc4c(cc1CC2)OCO4)OCO3. The van der Waals surface area contributed by atoms with E-state index in [2.05, 4.69) is 0 Å². The van der Waals surface area contributed by atoms with Crippen molar-refractivity contribution in [1.82, 2.24) is 0 Å². The molecule has 0 amide bonds. The van der Waals surface area contributed by atoms with Crippen LogP contribution in [0.4, 0.5) is 0 Å². The van der Waals surface area contributed by atoms with Crippen LogP contribution in [-0.2, 0) is 51.4 Å². The van der Waals surface area contributed by atoms with Gasteiger partial charge in [-0.3, -0.25) is 0 Å². The van der Waals surface area contributed by atoms with Gasteiger partial charge in [0, 0.05) is 0 Å². The third-order valence-corrected chi connectivity index (χ3v) is 9.65. The fraction of sp³-hybridized carbons (Fsp3) is 0.263. The molecule has 4 aromatic carbocycles. The van der Waals surface area contributed by atoms with Gasteiger partial charge in [-0.25, -0.2) is 19.2 Å². The number of ether oxygens (including phenoxy) is 4. The summed E-state index contributed by atoms with van der Waals surface area (Å²) in [4.78, 5) is 48.7. The lowest BCUT2D eigenvalue weighted by atomic mass is 9.86. The van der Waals surface area contributed by atoms with Crippen molar-refractivity contribution in [1.29, 1.82) is 0 Å². The largest absolute Gasteiger partial charge is 0.478 e. The van der Waals surface area contributed by atoms with E-state index < -0.39 is 23.9 Å². The van der Waals surface area contributed by atoms with Crippen molar-refractivity contribution in [2.24, 2.45) is 0 Å². The first-order valence-electron chi connectivity index (χ1n) is 16.1. The summed E-state index contributed by atoms with van der Waals surface area (Å²) in [5.74, 6) is -3.04. The van der Waals surface area contributed by atoms with Gasteiger partial charge in [-0.2, -0.15) is 0 Å². The molecule has 2 aliphatic heterocycles. The molecule has 0 aromatic heterocycles. The second-order valence-electron chi connectivity index (χ2n) is 12.5. The van der Waals surface area contributed by atoms with Crippen LogP contribution in [0, 0.1) is 0 Å². The van der Waals surface area contributed by atoms with E-state index >= 15 is 0 Å². The predicted molar refractivity (Wildman–Crippen MR) is 175 cm³/mol. The first-order valence-corrected chi connectivity index (χ1v) is 16.1. The second kappa shape index (κ2) is 13.1. The van der Waals surface area contributed by atoms with E-state index in [0.29, 0.717) is 96.6 Å². The van der Waals surface area contributed by atoms with E-state index in [-0.39, 0.29) is 35.8 Å². The Kier molecular flexibility index (Phi) is 8.52. The summed E-state index contributed by atoms with van der Waals surface area (Å²) in [5.41, 5.74) is 5.34. The molecule has 12 nitrogen and oxygen atoms in total. The molecule has 0 bridgehead atoms. The Balaban J connectivity index is 1.37. The van der Waals surface area contributed by atoms with E-state index in [1.807, 2.05) is 24.3 Å². The normalized spacial score (nSPS) is 14.9. The molecule has 4 aromatic rings. The lowest BCUT2D eigenvalue weighted by Crippen LogP contribution is -2.13. The predicted octanol–water partition coefficient (Wildman–Crippen LogP) is 5.39. The zero-order valence-electron chi connectivity index (χ0n) is 26.7. The average molecular weight is 681 g/mol. The molecule has 4 N–H and O–H groups in total. The number of hydrogen-bond donors (Lipinski definition) is 4. The van der Waals surface area contributed by atoms with Crippen molar-refractivity contribution in [3.8, 4) is 23.0 Å². The van der Waals surface area contributed by atoms with Crippen molar-refractivity contribution < 1.29 is 58.6 Å². The number of aryl methyl sites for hydroxylation is 8. The molecule has 7 rings (SSSR count). The Hall–Kier alpha value is -6.04. The van der Waals surface area contributed by atoms with Crippen LogP contribution in [0.15, 0.2) is 48.5 Å². The third kappa shape index (κ3) is 6.27. The quantitative estimate of drug-likeness (QED) is 0.216. The van der Waals surface area contributed by atoms with Crippen LogP contribution in [0.25, 0.3) is 0 Å². The average Bonchev–Trinajstić information content (AvgIpc) is 3.75. The number of fused-ring (bicyclic) bond motifs is 6. The highest BCUT2D eigenvalue weighted by molar-refractivity contribution is 6.02. The number of hydrogen-bond acceptors (Lipinski definition) is 8. The van der Waals surface area contributed by atoms with Crippen LogP contribution < -0.4 is 18.9 Å². The molecule has 0 saturated heterocycles. The standard InChI is InChI=1S/C38H32O12/c39-35(40)27-9-19-1-5-23-13-31-32(48-17-47-31)14-24(23)7-3-21-11-29(37(43)44)30(38(45)46)12-22(21)4-8-26-16-34-33(49-18-50-34)15-25(26)6-2-20(19)10-28(27)36(41)42/h9-16H,1-8,17-18H2,(H,39,40)(H,41,42)(H,43,44)(H,45,46). The summed E-state index contributed by atoms with van der Waals surface area (Å²) in [6.45, 7) is 0.119. The van der Waals surface area contributed by atoms with Crippen molar-refractivity contribution in [3.05, 3.63) is 115 Å². The van der Waals surface area contributed by atoms with Gasteiger partial charge in [0.05, 0.1) is 22.3 Å². The Morgan fingerprint density at radius 3 is 0.700 bits per heavy atom. The van der Waals surface area contributed by atoms with Crippen LogP contribution >= 0.6 is 0 Å². The molecule has 256 valence electrons. The van der Waals surface area contributed by atoms with Crippen LogP contribution in [-0.4, -0.2) is 57.9 Å². The molecular weight excluding hydrogens is 648 g/mol. The van der Waals surface area contributed by atoms with Crippen LogP contribution in [0.3, 0.4) is 0 Å². The van der Waals surface area contributed by atoms with Gasteiger partial charge in [-0.05, 0) is 144 Å². The van der Waals surface area contributed by atoms with E-state index in [1.165, 1.54) is 24.3 Å². The zero-order valence-corrected chi connectivity index (χ0v) is 26.7. The molecule has 2 heterocycles. The molecule has 0 saturated carbocycles. The van der Waals surface area contributed by atoms with Crippen molar-refractivity contribution in [3.63, 3.8) is 0 Å². The van der Waals surface area contributed by atoms with Gasteiger partial charge in [0.1, 0.15) is 0 Å². The summed E-state index contributed by atoms with van der Waals surface area (Å²) in [6, 6.07) is 13.4. The van der Waals surface area contributed by atoms with Crippen molar-refractivity contribution in [2.45, 2.75) is 51.4 Å². The molecule has 0 radical (unpaired) electrons. The topological polar surface area (TPSA) is 186 Å². The smallest absolute Gasteiger partial charge is 0.336 e. The maximum Gasteiger partial charge on any atom is 0.336 e. The van der Waals surface area contributed by atoms with Gasteiger partial charge in [0.25, 0.3) is 0 Å². The fourth-order valence-electron chi connectivity index (χ4n) is 7.08. The summed E-state index contributed by atoms with van der Waals surface area (Å²) < 4.78 is 22.6. The highest BCUT2D eigenvalue weighted by Crippen LogP contribution is 2.38. The monoisotopic (exact) mass is 680 g/mol. The van der Waals surface area contributed by atoms with E-state index in [9.17, 15) is 39.6 Å². The second-order valence-corrected chi connectivity index (χ2v) is 12.5. The van der Waals surface area contributed by atoms with Gasteiger partial charge in [-0.1, -0.05) is 0 Å². The maximum atomic E-state index is 12.2. The molecule has 3 aliphatic rings. The van der Waals surface area contributed by atoms with Gasteiger partial charge in [-0.15, -0.1) is 0 Å². The lowest BCUT2D eigenvalue weighted by molar-refractivity contribution is 0.0651. The Bertz CT molecular complexity index is 1800. The Morgan fingerprint density at radius 2 is 0.520 bits per heavy atom. The summed E-state index contributed by atoms with van der Waals surface area (Å²) in [5, 5.41) is 39.7. The Morgan fingerprint density at radius 1 is 0.340 bits per heavy atom. The number of rotatable bonds is 4. The fourth-order valence-corrected chi connectivity index (χ4v) is 7.08. The van der Waals surface area contributed by atoms with Gasteiger partial charge < -0.3 is 39.4 Å². The number of carbonyl (C=O) groups is 4. The van der Waals surface area contributed by atoms with E-state index in [4.69, 9.17) is 18.9 Å². The molecule has 0 spiro atoms. The minimum absolute atomic E-state index is 0.0594. The molecule has 12 heteroatoms. The molecule has 50 heavy (non-hydrogen) atoms. The number of benzene rings is 4. The van der Waals surface area contributed by atoms with Crippen LogP contribution in [0.2, 0.25) is 0 Å². The van der Waals surface area contributed by atoms with Gasteiger partial charge in [0.15, 0.2) is 23.0 Å². The first-order chi connectivity index (χ1) is 24.0. The van der Waals surface area contributed by atoms with Crippen molar-refractivity contribution in [2.75, 3.05) is 13.6 Å². The van der Waals surface area contributed by atoms with Gasteiger partial charge >= 0.3 is 23.9 Å². The zero-order chi connectivity index (χ0) is 35.1. The van der Waals surface area contributed by atoms with E-state index in [1.54, 1.807) is 0 Å². The highest BCUT2D eigenvalue weighted by atomic mass is 16.7. The Labute approximate surface area is 285 Å². The third-order valence-electron chi connectivity index (χ3n) is 9.65. The van der Waals surface area contributed by atoms with Crippen LogP contribution in [0.1, 0.15) is 85.9 Å². The summed E-state index contributed by atoms with van der Waals surface area (Å²) >= 11 is 0. The maximum absolute atomic E-state index is 12.2. The minimum atomic E-state index is -1.33. The molecular formula is C38H32O12. The molecule has 0 unspecified atom stereocenters. The number of carboxylic acid groups (broad SMARTS) is 4. The van der Waals surface area contributed by atoms with Gasteiger partial charge in [0.2, 0.25) is 13.6 Å². The van der Waals surface area contributed by atoms with Crippen molar-refractivity contribution >= 4 is 23.9 Å².